The molecular formula is C10H10BrN5OS. The summed E-state index contributed by atoms with van der Waals surface area (Å²) in [5, 5.41) is 11.1. The van der Waals surface area contributed by atoms with Gasteiger partial charge in [-0.2, -0.15) is 0 Å². The maximum absolute atomic E-state index is 11.5. The fourth-order valence-electron chi connectivity index (χ4n) is 1.35. The summed E-state index contributed by atoms with van der Waals surface area (Å²) in [5.74, 6) is -0.426. The zero-order valence-corrected chi connectivity index (χ0v) is 11.8. The zero-order valence-electron chi connectivity index (χ0n) is 9.45. The number of aromatic nitrogens is 4. The fourth-order valence-corrected chi connectivity index (χ4v) is 2.51. The van der Waals surface area contributed by atoms with E-state index in [9.17, 15) is 4.79 Å². The molecule has 0 bridgehead atoms. The largest absolute Gasteiger partial charge is 0.368 e. The Balaban J connectivity index is 2.27. The quantitative estimate of drug-likeness (QED) is 0.855. The summed E-state index contributed by atoms with van der Waals surface area (Å²) in [7, 11) is 1.71. The molecule has 1 aromatic carbocycles. The van der Waals surface area contributed by atoms with E-state index in [1.165, 1.54) is 16.4 Å². The minimum absolute atomic E-state index is 0.426. The Labute approximate surface area is 116 Å². The van der Waals surface area contributed by atoms with Crippen LogP contribution < -0.4 is 5.73 Å². The van der Waals surface area contributed by atoms with E-state index >= 15 is 0 Å². The van der Waals surface area contributed by atoms with Crippen LogP contribution in [0.4, 0.5) is 0 Å². The van der Waals surface area contributed by atoms with Gasteiger partial charge in [0.25, 0.3) is 0 Å². The monoisotopic (exact) mass is 327 g/mol. The molecule has 0 fully saturated rings. The molecule has 94 valence electrons. The van der Waals surface area contributed by atoms with Gasteiger partial charge in [0.1, 0.15) is 5.25 Å². The molecule has 0 saturated carbocycles. The van der Waals surface area contributed by atoms with Gasteiger partial charge in [-0.05, 0) is 28.1 Å². The smallest absolute Gasteiger partial charge is 0.235 e. The number of halogens is 1. The third kappa shape index (κ3) is 2.88. The van der Waals surface area contributed by atoms with Crippen LogP contribution in [0.2, 0.25) is 0 Å². The fraction of sp³-hybridized carbons (Fsp3) is 0.200. The van der Waals surface area contributed by atoms with Gasteiger partial charge >= 0.3 is 0 Å². The van der Waals surface area contributed by atoms with Gasteiger partial charge in [0, 0.05) is 11.5 Å². The summed E-state index contributed by atoms with van der Waals surface area (Å²) in [6, 6.07) is 7.41. The Kier molecular flexibility index (Phi) is 3.97. The van der Waals surface area contributed by atoms with Crippen LogP contribution in [0.3, 0.4) is 0 Å². The molecule has 0 saturated heterocycles. The average Bonchev–Trinajstić information content (AvgIpc) is 2.73. The van der Waals surface area contributed by atoms with E-state index in [2.05, 4.69) is 31.5 Å². The number of carbonyl (C=O) groups is 1. The SMILES string of the molecule is Cn1nnnc1S[C@H](C(N)=O)c1ccc(Br)cc1. The van der Waals surface area contributed by atoms with Crippen LogP contribution in [0, 0.1) is 0 Å². The van der Waals surface area contributed by atoms with E-state index < -0.39 is 11.2 Å². The van der Waals surface area contributed by atoms with Crippen molar-refractivity contribution >= 4 is 33.6 Å². The summed E-state index contributed by atoms with van der Waals surface area (Å²) in [5.41, 5.74) is 6.24. The first kappa shape index (κ1) is 13.0. The van der Waals surface area contributed by atoms with Gasteiger partial charge < -0.3 is 5.73 Å². The van der Waals surface area contributed by atoms with Crippen molar-refractivity contribution in [2.24, 2.45) is 12.8 Å². The Hall–Kier alpha value is -1.41. The number of hydrogen-bond acceptors (Lipinski definition) is 5. The predicted molar refractivity (Wildman–Crippen MR) is 70.7 cm³/mol. The predicted octanol–water partition coefficient (Wildman–Crippen LogP) is 1.29. The number of thioether (sulfide) groups is 1. The highest BCUT2D eigenvalue weighted by atomic mass is 79.9. The van der Waals surface area contributed by atoms with Gasteiger partial charge in [0.2, 0.25) is 11.1 Å². The normalized spacial score (nSPS) is 12.3. The second kappa shape index (κ2) is 5.49. The number of amides is 1. The van der Waals surface area contributed by atoms with Crippen molar-refractivity contribution in [2.75, 3.05) is 0 Å². The van der Waals surface area contributed by atoms with Gasteiger partial charge in [-0.15, -0.1) is 5.10 Å². The molecule has 1 heterocycles. The topological polar surface area (TPSA) is 86.7 Å². The molecule has 2 rings (SSSR count). The number of rotatable bonds is 4. The van der Waals surface area contributed by atoms with Crippen molar-refractivity contribution in [3.8, 4) is 0 Å². The highest BCUT2D eigenvalue weighted by Crippen LogP contribution is 2.33. The number of hydrogen-bond donors (Lipinski definition) is 1. The molecule has 6 nitrogen and oxygen atoms in total. The number of nitrogens with two attached hydrogens (primary N) is 1. The van der Waals surface area contributed by atoms with Crippen LogP contribution in [0.25, 0.3) is 0 Å². The molecule has 2 aromatic rings. The molecule has 0 aliphatic heterocycles. The molecule has 1 amide bonds. The van der Waals surface area contributed by atoms with Gasteiger partial charge in [0.05, 0.1) is 0 Å². The Morgan fingerprint density at radius 2 is 2.11 bits per heavy atom. The first-order valence-corrected chi connectivity index (χ1v) is 6.69. The number of nitrogens with zero attached hydrogens (tertiary/aromatic N) is 4. The van der Waals surface area contributed by atoms with Gasteiger partial charge in [-0.3, -0.25) is 4.79 Å². The number of primary amides is 1. The molecule has 0 aliphatic carbocycles. The van der Waals surface area contributed by atoms with E-state index in [4.69, 9.17) is 5.73 Å². The van der Waals surface area contributed by atoms with E-state index in [1.54, 1.807) is 7.05 Å². The Morgan fingerprint density at radius 1 is 1.44 bits per heavy atom. The van der Waals surface area contributed by atoms with Crippen LogP contribution >= 0.6 is 27.7 Å². The van der Waals surface area contributed by atoms with Crippen molar-refractivity contribution in [2.45, 2.75) is 10.4 Å². The first-order chi connectivity index (χ1) is 8.58. The lowest BCUT2D eigenvalue weighted by molar-refractivity contribution is -0.117. The highest BCUT2D eigenvalue weighted by Gasteiger charge is 2.21. The minimum Gasteiger partial charge on any atom is -0.368 e. The van der Waals surface area contributed by atoms with Crippen molar-refractivity contribution in [1.29, 1.82) is 0 Å². The van der Waals surface area contributed by atoms with Crippen LogP contribution in [-0.2, 0) is 11.8 Å². The van der Waals surface area contributed by atoms with Gasteiger partial charge in [0.15, 0.2) is 0 Å². The van der Waals surface area contributed by atoms with E-state index in [-0.39, 0.29) is 0 Å². The number of tetrazole rings is 1. The molecule has 1 atom stereocenters. The van der Waals surface area contributed by atoms with Crippen molar-refractivity contribution in [3.63, 3.8) is 0 Å². The summed E-state index contributed by atoms with van der Waals surface area (Å²) in [6.45, 7) is 0. The maximum Gasteiger partial charge on any atom is 0.235 e. The van der Waals surface area contributed by atoms with Gasteiger partial charge in [-0.25, -0.2) is 4.68 Å². The lowest BCUT2D eigenvalue weighted by Gasteiger charge is -2.12. The molecule has 18 heavy (non-hydrogen) atoms. The minimum atomic E-state index is -0.511. The lowest BCUT2D eigenvalue weighted by Crippen LogP contribution is -2.19. The van der Waals surface area contributed by atoms with E-state index in [1.807, 2.05) is 24.3 Å². The third-order valence-electron chi connectivity index (χ3n) is 2.24. The second-order valence-electron chi connectivity index (χ2n) is 3.54. The number of aryl methyl sites for hydroxylation is 1. The molecule has 1 aromatic heterocycles. The van der Waals surface area contributed by atoms with Crippen molar-refractivity contribution in [1.82, 2.24) is 20.2 Å². The second-order valence-corrected chi connectivity index (χ2v) is 5.52. The van der Waals surface area contributed by atoms with E-state index in [0.29, 0.717) is 5.16 Å². The summed E-state index contributed by atoms with van der Waals surface area (Å²) in [4.78, 5) is 11.5. The summed E-state index contributed by atoms with van der Waals surface area (Å²) >= 11 is 4.57. The Morgan fingerprint density at radius 3 is 2.61 bits per heavy atom. The highest BCUT2D eigenvalue weighted by molar-refractivity contribution is 9.10. The molecule has 0 radical (unpaired) electrons. The molecular weight excluding hydrogens is 318 g/mol. The third-order valence-corrected chi connectivity index (χ3v) is 4.06. The molecule has 0 aliphatic rings. The molecule has 2 N–H and O–H groups in total. The van der Waals surface area contributed by atoms with Crippen molar-refractivity contribution in [3.05, 3.63) is 34.3 Å². The molecule has 8 heteroatoms. The standard InChI is InChI=1S/C10H10BrN5OS/c1-16-10(13-14-15-16)18-8(9(12)17)6-2-4-7(11)5-3-6/h2-5,8H,1H3,(H2,12,17)/t8-/m0/s1. The first-order valence-electron chi connectivity index (χ1n) is 5.01. The number of benzene rings is 1. The maximum atomic E-state index is 11.5. The van der Waals surface area contributed by atoms with Gasteiger partial charge in [-0.1, -0.05) is 39.8 Å². The lowest BCUT2D eigenvalue weighted by atomic mass is 10.1. The summed E-state index contributed by atoms with van der Waals surface area (Å²) < 4.78 is 2.44. The average molecular weight is 328 g/mol. The van der Waals surface area contributed by atoms with Crippen LogP contribution in [0.1, 0.15) is 10.8 Å². The number of carbonyl (C=O) groups excluding carboxylic acids is 1. The van der Waals surface area contributed by atoms with Crippen LogP contribution in [0.5, 0.6) is 0 Å². The van der Waals surface area contributed by atoms with Crippen LogP contribution in [0.15, 0.2) is 33.9 Å². The van der Waals surface area contributed by atoms with Crippen LogP contribution in [-0.4, -0.2) is 26.1 Å². The molecule has 0 spiro atoms. The Bertz CT molecular complexity index is 556. The summed E-state index contributed by atoms with van der Waals surface area (Å²) in [6.07, 6.45) is 0. The molecule has 0 unspecified atom stereocenters. The van der Waals surface area contributed by atoms with E-state index in [0.717, 1.165) is 10.0 Å². The zero-order chi connectivity index (χ0) is 13.1. The van der Waals surface area contributed by atoms with Crippen molar-refractivity contribution < 1.29 is 4.79 Å².